The molecule has 1 unspecified atom stereocenters. The molecule has 19 heavy (non-hydrogen) atoms. The molecule has 0 amide bonds. The minimum atomic E-state index is -3.56. The monoisotopic (exact) mass is 349 g/mol. The molecule has 8 heteroatoms. The molecule has 0 bridgehead atoms. The van der Waals surface area contributed by atoms with Crippen LogP contribution in [0.5, 0.6) is 0 Å². The van der Waals surface area contributed by atoms with Crippen molar-refractivity contribution in [3.63, 3.8) is 0 Å². The molecule has 1 fully saturated rings. The van der Waals surface area contributed by atoms with Crippen LogP contribution in [0.4, 0.5) is 5.82 Å². The quantitative estimate of drug-likeness (QED) is 0.890. The fourth-order valence-electron chi connectivity index (χ4n) is 1.95. The zero-order valence-corrected chi connectivity index (χ0v) is 13.2. The van der Waals surface area contributed by atoms with Crippen molar-refractivity contribution in [2.24, 2.45) is 0 Å². The summed E-state index contributed by atoms with van der Waals surface area (Å²) in [5.74, 6) is 0.349. The molecule has 1 N–H and O–H groups in total. The van der Waals surface area contributed by atoms with Gasteiger partial charge in [0, 0.05) is 30.8 Å². The molecule has 0 spiro atoms. The maximum atomic E-state index is 12.6. The molecule has 6 nitrogen and oxygen atoms in total. The number of nitrogens with one attached hydrogen (secondary N) is 1. The number of pyridine rings is 1. The van der Waals surface area contributed by atoms with E-state index in [1.807, 2.05) is 6.92 Å². The van der Waals surface area contributed by atoms with Crippen LogP contribution in [0.25, 0.3) is 0 Å². The van der Waals surface area contributed by atoms with E-state index in [1.54, 1.807) is 19.3 Å². The van der Waals surface area contributed by atoms with Crippen LogP contribution in [0.15, 0.2) is 21.6 Å². The summed E-state index contributed by atoms with van der Waals surface area (Å²) in [6, 6.07) is 1.56. The minimum absolute atomic E-state index is 0.0957. The van der Waals surface area contributed by atoms with Crippen molar-refractivity contribution in [3.8, 4) is 0 Å². The van der Waals surface area contributed by atoms with E-state index < -0.39 is 10.0 Å². The summed E-state index contributed by atoms with van der Waals surface area (Å²) in [5.41, 5.74) is 0. The lowest BCUT2D eigenvalue weighted by Crippen LogP contribution is -2.44. The lowest BCUT2D eigenvalue weighted by atomic mass is 10.3. The molecule has 1 aromatic rings. The summed E-state index contributed by atoms with van der Waals surface area (Å²) in [5, 5.41) is 2.81. The Bertz CT molecular complexity index is 564. The highest BCUT2D eigenvalue weighted by Gasteiger charge is 2.31. The van der Waals surface area contributed by atoms with Crippen LogP contribution >= 0.6 is 15.9 Å². The SMILES string of the molecule is CNc1ncc(Br)cc1S(=O)(=O)N1CCOC(C)C1. The molecule has 1 saturated heterocycles. The van der Waals surface area contributed by atoms with Crippen molar-refractivity contribution in [2.75, 3.05) is 32.1 Å². The lowest BCUT2D eigenvalue weighted by molar-refractivity contribution is 0.0102. The Morgan fingerprint density at radius 2 is 2.32 bits per heavy atom. The van der Waals surface area contributed by atoms with Gasteiger partial charge in [-0.15, -0.1) is 0 Å². The number of morpholine rings is 1. The van der Waals surface area contributed by atoms with E-state index >= 15 is 0 Å². The first-order chi connectivity index (χ1) is 8.95. The number of nitrogens with zero attached hydrogens (tertiary/aromatic N) is 2. The topological polar surface area (TPSA) is 71.5 Å². The molecular weight excluding hydrogens is 334 g/mol. The summed E-state index contributed by atoms with van der Waals surface area (Å²) in [7, 11) is -1.91. The second kappa shape index (κ2) is 5.74. The summed E-state index contributed by atoms with van der Waals surface area (Å²) in [6.45, 7) is 3.00. The summed E-state index contributed by atoms with van der Waals surface area (Å²) < 4.78 is 32.7. The average molecular weight is 350 g/mol. The Hall–Kier alpha value is -0.700. The molecule has 1 aliphatic heterocycles. The van der Waals surface area contributed by atoms with Gasteiger partial charge in [-0.05, 0) is 28.9 Å². The van der Waals surface area contributed by atoms with E-state index in [1.165, 1.54) is 4.31 Å². The van der Waals surface area contributed by atoms with Crippen LogP contribution in [0, 0.1) is 0 Å². The van der Waals surface area contributed by atoms with Crippen molar-refractivity contribution in [3.05, 3.63) is 16.7 Å². The van der Waals surface area contributed by atoms with Crippen molar-refractivity contribution in [2.45, 2.75) is 17.9 Å². The van der Waals surface area contributed by atoms with Gasteiger partial charge < -0.3 is 10.1 Å². The van der Waals surface area contributed by atoms with Gasteiger partial charge in [0.1, 0.15) is 10.7 Å². The van der Waals surface area contributed by atoms with Gasteiger partial charge in [0.2, 0.25) is 10.0 Å². The number of hydrogen-bond acceptors (Lipinski definition) is 5. The highest BCUT2D eigenvalue weighted by molar-refractivity contribution is 9.10. The third-order valence-corrected chi connectivity index (χ3v) is 5.19. The highest BCUT2D eigenvalue weighted by atomic mass is 79.9. The molecule has 0 aromatic carbocycles. The van der Waals surface area contributed by atoms with Gasteiger partial charge in [-0.2, -0.15) is 4.31 Å². The molecule has 2 rings (SSSR count). The van der Waals surface area contributed by atoms with Crippen LogP contribution in [0.2, 0.25) is 0 Å². The Kier molecular flexibility index (Phi) is 4.44. The van der Waals surface area contributed by atoms with Gasteiger partial charge in [-0.3, -0.25) is 0 Å². The largest absolute Gasteiger partial charge is 0.376 e. The van der Waals surface area contributed by atoms with E-state index in [4.69, 9.17) is 4.74 Å². The molecule has 1 aliphatic rings. The van der Waals surface area contributed by atoms with E-state index in [9.17, 15) is 8.42 Å². The lowest BCUT2D eigenvalue weighted by Gasteiger charge is -2.30. The first-order valence-electron chi connectivity index (χ1n) is 5.90. The Balaban J connectivity index is 2.41. The summed E-state index contributed by atoms with van der Waals surface area (Å²) >= 11 is 3.26. The van der Waals surface area contributed by atoms with Gasteiger partial charge in [0.25, 0.3) is 0 Å². The maximum Gasteiger partial charge on any atom is 0.246 e. The van der Waals surface area contributed by atoms with Crippen molar-refractivity contribution >= 4 is 31.8 Å². The van der Waals surface area contributed by atoms with E-state index in [0.717, 1.165) is 0 Å². The summed E-state index contributed by atoms with van der Waals surface area (Å²) in [6.07, 6.45) is 1.47. The minimum Gasteiger partial charge on any atom is -0.376 e. The van der Waals surface area contributed by atoms with E-state index in [0.29, 0.717) is 30.0 Å². The van der Waals surface area contributed by atoms with Crippen LogP contribution in [-0.4, -0.2) is 50.6 Å². The van der Waals surface area contributed by atoms with Gasteiger partial charge in [0.05, 0.1) is 12.7 Å². The molecule has 2 heterocycles. The number of halogens is 1. The molecule has 0 radical (unpaired) electrons. The Morgan fingerprint density at radius 1 is 1.58 bits per heavy atom. The predicted molar refractivity (Wildman–Crippen MR) is 75.7 cm³/mol. The Labute approximate surface area is 121 Å². The number of hydrogen-bond donors (Lipinski definition) is 1. The normalized spacial score (nSPS) is 21.3. The molecule has 1 aromatic heterocycles. The predicted octanol–water partition coefficient (Wildman–Crippen LogP) is 1.30. The fourth-order valence-corrected chi connectivity index (χ4v) is 4.11. The van der Waals surface area contributed by atoms with Gasteiger partial charge in [0.15, 0.2) is 0 Å². The molecule has 0 saturated carbocycles. The van der Waals surface area contributed by atoms with Crippen LogP contribution < -0.4 is 5.32 Å². The number of rotatable bonds is 3. The van der Waals surface area contributed by atoms with Crippen LogP contribution in [-0.2, 0) is 14.8 Å². The maximum absolute atomic E-state index is 12.6. The highest BCUT2D eigenvalue weighted by Crippen LogP contribution is 2.26. The number of ether oxygens (including phenoxy) is 1. The van der Waals surface area contributed by atoms with Crippen LogP contribution in [0.3, 0.4) is 0 Å². The molecule has 106 valence electrons. The second-order valence-corrected chi connectivity index (χ2v) is 7.12. The number of anilines is 1. The molecule has 1 atom stereocenters. The zero-order chi connectivity index (χ0) is 14.0. The van der Waals surface area contributed by atoms with Gasteiger partial charge in [-0.25, -0.2) is 13.4 Å². The smallest absolute Gasteiger partial charge is 0.246 e. The van der Waals surface area contributed by atoms with Gasteiger partial charge in [-0.1, -0.05) is 0 Å². The fraction of sp³-hybridized carbons (Fsp3) is 0.545. The summed E-state index contributed by atoms with van der Waals surface area (Å²) in [4.78, 5) is 4.26. The molecule has 0 aliphatic carbocycles. The third kappa shape index (κ3) is 3.07. The van der Waals surface area contributed by atoms with Crippen molar-refractivity contribution < 1.29 is 13.2 Å². The average Bonchev–Trinajstić information content (AvgIpc) is 2.38. The zero-order valence-electron chi connectivity index (χ0n) is 10.8. The Morgan fingerprint density at radius 3 is 2.95 bits per heavy atom. The number of sulfonamides is 1. The van der Waals surface area contributed by atoms with E-state index in [2.05, 4.69) is 26.2 Å². The first-order valence-corrected chi connectivity index (χ1v) is 8.13. The second-order valence-electron chi connectivity index (χ2n) is 4.29. The van der Waals surface area contributed by atoms with Crippen LogP contribution in [0.1, 0.15) is 6.92 Å². The van der Waals surface area contributed by atoms with Gasteiger partial charge >= 0.3 is 0 Å². The molecular formula is C11H16BrN3O3S. The van der Waals surface area contributed by atoms with Crippen molar-refractivity contribution in [1.82, 2.24) is 9.29 Å². The standard InChI is InChI=1S/C11H16BrN3O3S/c1-8-7-15(3-4-18-8)19(16,17)10-5-9(12)6-14-11(10)13-2/h5-6,8H,3-4,7H2,1-2H3,(H,13,14). The first kappa shape index (κ1) is 14.7. The van der Waals surface area contributed by atoms with Crippen molar-refractivity contribution in [1.29, 1.82) is 0 Å². The van der Waals surface area contributed by atoms with E-state index in [-0.39, 0.29) is 11.0 Å². The number of aromatic nitrogens is 1. The third-order valence-electron chi connectivity index (χ3n) is 2.88.